The Morgan fingerprint density at radius 3 is 2.50 bits per heavy atom. The van der Waals surface area contributed by atoms with Gasteiger partial charge in [-0.3, -0.25) is 9.59 Å². The molecule has 1 atom stereocenters. The number of nitrogens with zero attached hydrogens (tertiary/aromatic N) is 1. The van der Waals surface area contributed by atoms with Gasteiger partial charge in [-0.05, 0) is 23.5 Å². The molecule has 1 aliphatic rings. The highest BCUT2D eigenvalue weighted by atomic mass is 16.3. The number of carbonyl (C=O) groups is 2. The monoisotopic (exact) mass is 404 g/mol. The first kappa shape index (κ1) is 19.9. The number of ketones is 1. The summed E-state index contributed by atoms with van der Waals surface area (Å²) in [4.78, 5) is 29.0. The van der Waals surface area contributed by atoms with Crippen molar-refractivity contribution in [1.29, 1.82) is 0 Å². The van der Waals surface area contributed by atoms with Crippen LogP contribution in [-0.2, 0) is 4.79 Å². The highest BCUT2D eigenvalue weighted by Crippen LogP contribution is 2.38. The average Bonchev–Trinajstić information content (AvgIpc) is 3.28. The van der Waals surface area contributed by atoms with E-state index in [9.17, 15) is 14.7 Å². The molecule has 30 heavy (non-hydrogen) atoms. The Kier molecular flexibility index (Phi) is 5.42. The first-order valence-corrected chi connectivity index (χ1v) is 10.1. The summed E-state index contributed by atoms with van der Waals surface area (Å²) in [6, 6.07) is 17.4. The molecule has 0 saturated heterocycles. The number of benzene rings is 2. The third-order valence-electron chi connectivity index (χ3n) is 5.37. The molecule has 154 valence electrons. The third-order valence-corrected chi connectivity index (χ3v) is 5.37. The third kappa shape index (κ3) is 3.62. The van der Waals surface area contributed by atoms with Gasteiger partial charge < -0.3 is 19.3 Å². The lowest BCUT2D eigenvalue weighted by Gasteiger charge is -2.27. The zero-order valence-electron chi connectivity index (χ0n) is 17.1. The summed E-state index contributed by atoms with van der Waals surface area (Å²) in [6.07, 6.45) is 0.733. The van der Waals surface area contributed by atoms with Crippen molar-refractivity contribution >= 4 is 22.7 Å². The van der Waals surface area contributed by atoms with Crippen LogP contribution in [0.4, 0.5) is 0 Å². The van der Waals surface area contributed by atoms with Gasteiger partial charge in [0.2, 0.25) is 11.7 Å². The molecule has 1 amide bonds. The predicted octanol–water partition coefficient (Wildman–Crippen LogP) is 1.35. The highest BCUT2D eigenvalue weighted by Gasteiger charge is 2.40. The number of hydrogen-bond acceptors (Lipinski definition) is 4. The van der Waals surface area contributed by atoms with Crippen molar-refractivity contribution < 1.29 is 24.0 Å². The Hall–Kier alpha value is -3.38. The first-order chi connectivity index (χ1) is 14.5. The van der Waals surface area contributed by atoms with Crippen LogP contribution in [0.2, 0.25) is 0 Å². The molecular formula is C24H24N2O4. The minimum Gasteiger partial charge on any atom is -0.868 e. The lowest BCUT2D eigenvalue weighted by atomic mass is 9.95. The van der Waals surface area contributed by atoms with E-state index in [4.69, 9.17) is 4.42 Å². The number of para-hydroxylation sites is 1. The van der Waals surface area contributed by atoms with Crippen molar-refractivity contribution in [2.75, 3.05) is 27.2 Å². The molecule has 0 spiro atoms. The van der Waals surface area contributed by atoms with Gasteiger partial charge in [0.25, 0.3) is 0 Å². The van der Waals surface area contributed by atoms with E-state index in [1.54, 1.807) is 12.1 Å². The summed E-state index contributed by atoms with van der Waals surface area (Å²) in [5, 5.41) is 13.7. The normalized spacial score (nSPS) is 16.8. The molecule has 1 aliphatic heterocycles. The molecule has 1 unspecified atom stereocenters. The maximum atomic E-state index is 13.3. The summed E-state index contributed by atoms with van der Waals surface area (Å²) < 4.78 is 5.70. The van der Waals surface area contributed by atoms with Crippen LogP contribution in [-0.4, -0.2) is 43.8 Å². The van der Waals surface area contributed by atoms with Crippen LogP contribution in [0, 0.1) is 0 Å². The summed E-state index contributed by atoms with van der Waals surface area (Å²) in [7, 11) is 4.07. The summed E-state index contributed by atoms with van der Waals surface area (Å²) in [6.45, 7) is 1.26. The van der Waals surface area contributed by atoms with Crippen molar-refractivity contribution in [2.24, 2.45) is 0 Å². The van der Waals surface area contributed by atoms with Crippen molar-refractivity contribution in [1.82, 2.24) is 4.90 Å². The maximum Gasteiger partial charge on any atom is 0.239 e. The van der Waals surface area contributed by atoms with Crippen LogP contribution in [0.15, 0.2) is 76.4 Å². The number of Topliss-reactive ketones (excluding diaryl/α,β-unsaturated/α-hetero) is 1. The largest absolute Gasteiger partial charge is 0.868 e. The number of fused-ring (bicyclic) bond motifs is 1. The van der Waals surface area contributed by atoms with E-state index in [0.29, 0.717) is 12.1 Å². The Bertz CT molecular complexity index is 1080. The van der Waals surface area contributed by atoms with Crippen LogP contribution in [0.25, 0.3) is 11.0 Å². The van der Waals surface area contributed by atoms with Crippen molar-refractivity contribution in [2.45, 2.75) is 12.5 Å². The molecular weight excluding hydrogens is 380 g/mol. The van der Waals surface area contributed by atoms with Gasteiger partial charge in [0, 0.05) is 23.9 Å². The summed E-state index contributed by atoms with van der Waals surface area (Å²) >= 11 is 0. The zero-order chi connectivity index (χ0) is 21.3. The number of amides is 1. The fourth-order valence-electron chi connectivity index (χ4n) is 3.91. The quantitative estimate of drug-likeness (QED) is 0.603. The molecule has 0 aliphatic carbocycles. The molecule has 1 N–H and O–H groups in total. The van der Waals surface area contributed by atoms with E-state index in [0.717, 1.165) is 23.9 Å². The molecule has 0 bridgehead atoms. The van der Waals surface area contributed by atoms with E-state index in [1.165, 1.54) is 9.80 Å². The molecule has 0 fully saturated rings. The molecule has 2 aromatic carbocycles. The number of quaternary nitrogens is 1. The van der Waals surface area contributed by atoms with Gasteiger partial charge in [-0.25, -0.2) is 0 Å². The number of carbonyl (C=O) groups excluding carboxylic acids is 2. The second-order valence-electron chi connectivity index (χ2n) is 7.84. The number of nitrogens with one attached hydrogen (secondary N) is 1. The van der Waals surface area contributed by atoms with E-state index < -0.39 is 23.5 Å². The molecule has 0 saturated carbocycles. The van der Waals surface area contributed by atoms with Gasteiger partial charge in [0.1, 0.15) is 5.58 Å². The van der Waals surface area contributed by atoms with Gasteiger partial charge in [0.05, 0.1) is 26.7 Å². The Morgan fingerprint density at radius 2 is 1.80 bits per heavy atom. The second kappa shape index (κ2) is 8.16. The van der Waals surface area contributed by atoms with Crippen LogP contribution >= 0.6 is 0 Å². The van der Waals surface area contributed by atoms with Crippen molar-refractivity contribution in [3.63, 3.8) is 0 Å². The standard InChI is InChI=1S/C24H24N2O4/c1-25(2)13-8-14-26-21(16-9-4-3-5-10-16)20(23(28)24(26)29)22(27)19-15-17-11-6-7-12-18(17)30-19/h3-7,9-12,15,21,28H,8,13-14H2,1-2H3. The second-order valence-corrected chi connectivity index (χ2v) is 7.84. The lowest BCUT2D eigenvalue weighted by Crippen LogP contribution is -3.05. The van der Waals surface area contributed by atoms with Crippen LogP contribution < -0.4 is 10.0 Å². The Labute approximate surface area is 175 Å². The predicted molar refractivity (Wildman–Crippen MR) is 111 cm³/mol. The molecule has 3 aromatic rings. The van der Waals surface area contributed by atoms with E-state index in [1.807, 2.05) is 62.6 Å². The topological polar surface area (TPSA) is 78.0 Å². The molecule has 2 heterocycles. The SMILES string of the molecule is C[NH+](C)CCCN1C(=O)C([O-])=C(C(=O)c2cc3ccccc3o2)C1c1ccccc1. The minimum atomic E-state index is -0.744. The van der Waals surface area contributed by atoms with Crippen LogP contribution in [0.3, 0.4) is 0 Å². The van der Waals surface area contributed by atoms with E-state index in [-0.39, 0.29) is 11.3 Å². The molecule has 6 heteroatoms. The molecule has 6 nitrogen and oxygen atoms in total. The minimum absolute atomic E-state index is 0.0394. The van der Waals surface area contributed by atoms with Gasteiger partial charge >= 0.3 is 0 Å². The van der Waals surface area contributed by atoms with Crippen LogP contribution in [0.5, 0.6) is 0 Å². The van der Waals surface area contributed by atoms with Crippen molar-refractivity contribution in [3.8, 4) is 0 Å². The van der Waals surface area contributed by atoms with Crippen molar-refractivity contribution in [3.05, 3.63) is 83.3 Å². The number of furan rings is 1. The van der Waals surface area contributed by atoms with Gasteiger partial charge in [-0.1, -0.05) is 48.5 Å². The van der Waals surface area contributed by atoms with E-state index >= 15 is 0 Å². The zero-order valence-corrected chi connectivity index (χ0v) is 17.1. The molecule has 4 rings (SSSR count). The summed E-state index contributed by atoms with van der Waals surface area (Å²) in [5.74, 6) is -1.82. The van der Waals surface area contributed by atoms with E-state index in [2.05, 4.69) is 0 Å². The Morgan fingerprint density at radius 1 is 1.10 bits per heavy atom. The number of rotatable bonds is 7. The fraction of sp³-hybridized carbons (Fsp3) is 0.250. The lowest BCUT2D eigenvalue weighted by molar-refractivity contribution is -0.858. The number of hydrogen-bond donors (Lipinski definition) is 1. The Balaban J connectivity index is 1.73. The maximum absolute atomic E-state index is 13.3. The van der Waals surface area contributed by atoms with Crippen LogP contribution in [0.1, 0.15) is 28.6 Å². The van der Waals surface area contributed by atoms with Gasteiger partial charge in [-0.15, -0.1) is 0 Å². The molecule has 0 radical (unpaired) electrons. The molecule has 1 aromatic heterocycles. The smallest absolute Gasteiger partial charge is 0.239 e. The van der Waals surface area contributed by atoms with Gasteiger partial charge in [0.15, 0.2) is 5.76 Å². The highest BCUT2D eigenvalue weighted by molar-refractivity contribution is 6.15. The van der Waals surface area contributed by atoms with Gasteiger partial charge in [-0.2, -0.15) is 0 Å². The summed E-state index contributed by atoms with van der Waals surface area (Å²) in [5.41, 5.74) is 1.27. The average molecular weight is 404 g/mol. The first-order valence-electron chi connectivity index (χ1n) is 10.1. The fourth-order valence-corrected chi connectivity index (χ4v) is 3.91.